The molecule has 12 nitrogen and oxygen atoms in total. The number of hydrogen-bond donors (Lipinski definition) is 4. The largest absolute Gasteiger partial charge is 0.393 e. The van der Waals surface area contributed by atoms with Gasteiger partial charge in [0.15, 0.2) is 23.2 Å². The van der Waals surface area contributed by atoms with Gasteiger partial charge in [0.2, 0.25) is 0 Å². The first-order chi connectivity index (χ1) is 14.1. The number of rotatable bonds is 5. The molecule has 0 amide bonds. The quantitative estimate of drug-likeness (QED) is 0.377. The summed E-state index contributed by atoms with van der Waals surface area (Å²) >= 11 is 0. The summed E-state index contributed by atoms with van der Waals surface area (Å²) in [6.45, 7) is 4.94. The summed E-state index contributed by atoms with van der Waals surface area (Å²) in [5.74, 6) is -0.173. The molecule has 2 saturated heterocycles. The molecule has 0 spiro atoms. The standard InChI is InChI=1S/C17H24N5O7P/c1-4-17(5-2,29-30(26)16(3,25)28-30)7-11-9(23)10(24)15(27-11)22-13(7)21-8-12(18)19-6-20-14(8)22/h6-7,9-11,15,23-25H,4-5H2,1-3H3,(H2,18,19,20). The van der Waals surface area contributed by atoms with E-state index in [0.29, 0.717) is 29.8 Å². The Balaban J connectivity index is 1.72. The Morgan fingerprint density at radius 1 is 1.33 bits per heavy atom. The van der Waals surface area contributed by atoms with E-state index in [1.807, 2.05) is 13.8 Å². The Hall–Kier alpha value is -1.66. The molecular formula is C17H24N5O7P. The Bertz CT molecular complexity index is 1070. The SMILES string of the molecule is CCC(CC)(OP1(=O)OC1(C)O)C1c2nc3c(N)ncnc3n2C2OC1C(O)C2O. The second-order valence-electron chi connectivity index (χ2n) is 8.11. The fraction of sp³-hybridized carbons (Fsp3) is 0.706. The number of anilines is 1. The van der Waals surface area contributed by atoms with Gasteiger partial charge in [0, 0.05) is 6.92 Å². The number of nitrogens with two attached hydrogens (primary N) is 1. The molecule has 2 fully saturated rings. The van der Waals surface area contributed by atoms with Crippen molar-refractivity contribution in [2.75, 3.05) is 5.73 Å². The molecule has 0 saturated carbocycles. The van der Waals surface area contributed by atoms with Gasteiger partial charge in [-0.05, 0) is 12.8 Å². The number of nitrogen functional groups attached to an aromatic ring is 1. The smallest absolute Gasteiger partial charge is 0.387 e. The summed E-state index contributed by atoms with van der Waals surface area (Å²) < 4.78 is 31.5. The molecule has 0 aromatic carbocycles. The van der Waals surface area contributed by atoms with Gasteiger partial charge in [-0.1, -0.05) is 13.8 Å². The van der Waals surface area contributed by atoms with E-state index in [4.69, 9.17) is 19.5 Å². The fourth-order valence-corrected chi connectivity index (χ4v) is 6.37. The van der Waals surface area contributed by atoms with Crippen LogP contribution in [0.2, 0.25) is 0 Å². The first-order valence-corrected chi connectivity index (χ1v) is 11.4. The van der Waals surface area contributed by atoms with Crippen LogP contribution in [0, 0.1) is 0 Å². The molecule has 0 radical (unpaired) electrons. The lowest BCUT2D eigenvalue weighted by Crippen LogP contribution is -2.49. The molecule has 5 N–H and O–H groups in total. The molecule has 2 aromatic heterocycles. The Morgan fingerprint density at radius 3 is 2.60 bits per heavy atom. The third-order valence-corrected chi connectivity index (χ3v) is 8.65. The maximum absolute atomic E-state index is 12.9. The van der Waals surface area contributed by atoms with Gasteiger partial charge in [-0.25, -0.2) is 15.0 Å². The number of aliphatic hydroxyl groups is 3. The monoisotopic (exact) mass is 441 g/mol. The van der Waals surface area contributed by atoms with Crippen LogP contribution >= 0.6 is 7.60 Å². The zero-order valence-corrected chi connectivity index (χ0v) is 17.6. The second kappa shape index (κ2) is 6.19. The van der Waals surface area contributed by atoms with Crippen molar-refractivity contribution < 1.29 is 33.7 Å². The molecule has 7 unspecified atom stereocenters. The van der Waals surface area contributed by atoms with E-state index in [-0.39, 0.29) is 5.82 Å². The predicted molar refractivity (Wildman–Crippen MR) is 102 cm³/mol. The van der Waals surface area contributed by atoms with Gasteiger partial charge < -0.3 is 25.8 Å². The summed E-state index contributed by atoms with van der Waals surface area (Å²) in [5.41, 5.74) is 3.61. The summed E-state index contributed by atoms with van der Waals surface area (Å²) in [6.07, 6.45) is -2.32. The van der Waals surface area contributed by atoms with Crippen LogP contribution in [-0.4, -0.2) is 64.3 Å². The average molecular weight is 441 g/mol. The highest BCUT2D eigenvalue weighted by Crippen LogP contribution is 2.79. The van der Waals surface area contributed by atoms with Crippen molar-refractivity contribution in [2.45, 2.75) is 75.2 Å². The minimum atomic E-state index is -3.79. The summed E-state index contributed by atoms with van der Waals surface area (Å²) in [7, 11) is -3.79. The first kappa shape index (κ1) is 20.3. The highest BCUT2D eigenvalue weighted by Gasteiger charge is 2.71. The Kier molecular flexibility index (Phi) is 4.18. The van der Waals surface area contributed by atoms with E-state index < -0.39 is 49.2 Å². The highest BCUT2D eigenvalue weighted by molar-refractivity contribution is 7.61. The lowest BCUT2D eigenvalue weighted by molar-refractivity contribution is -0.110. The van der Waals surface area contributed by atoms with Gasteiger partial charge in [0.1, 0.15) is 30.5 Å². The molecule has 7 atom stereocenters. The molecule has 0 aliphatic carbocycles. The van der Waals surface area contributed by atoms with Crippen LogP contribution in [0.3, 0.4) is 0 Å². The third kappa shape index (κ3) is 2.44. The molecule has 3 aliphatic rings. The van der Waals surface area contributed by atoms with Crippen LogP contribution in [0.15, 0.2) is 6.33 Å². The van der Waals surface area contributed by atoms with Crippen molar-refractivity contribution in [2.24, 2.45) is 0 Å². The van der Waals surface area contributed by atoms with E-state index in [1.165, 1.54) is 13.3 Å². The molecule has 30 heavy (non-hydrogen) atoms. The highest BCUT2D eigenvalue weighted by atomic mass is 31.2. The van der Waals surface area contributed by atoms with Gasteiger partial charge in [0.25, 0.3) is 5.53 Å². The van der Waals surface area contributed by atoms with E-state index in [1.54, 1.807) is 4.57 Å². The third-order valence-electron chi connectivity index (χ3n) is 6.50. The van der Waals surface area contributed by atoms with Crippen LogP contribution in [-0.2, 0) is 18.3 Å². The van der Waals surface area contributed by atoms with E-state index in [9.17, 15) is 19.9 Å². The van der Waals surface area contributed by atoms with Gasteiger partial charge >= 0.3 is 7.60 Å². The molecule has 2 aromatic rings. The minimum Gasteiger partial charge on any atom is -0.387 e. The lowest BCUT2D eigenvalue weighted by atomic mass is 9.77. The molecule has 3 aliphatic heterocycles. The number of aromatic nitrogens is 4. The number of ether oxygens (including phenoxy) is 1. The van der Waals surface area contributed by atoms with Crippen molar-refractivity contribution in [3.63, 3.8) is 0 Å². The average Bonchev–Trinajstić information content (AvgIpc) is 2.96. The van der Waals surface area contributed by atoms with Crippen LogP contribution in [0.1, 0.15) is 51.6 Å². The zero-order chi connectivity index (χ0) is 21.6. The van der Waals surface area contributed by atoms with Crippen molar-refractivity contribution in [1.82, 2.24) is 19.5 Å². The first-order valence-electron chi connectivity index (χ1n) is 9.83. The number of imidazole rings is 1. The molecule has 2 bridgehead atoms. The van der Waals surface area contributed by atoms with E-state index in [2.05, 4.69) is 15.0 Å². The van der Waals surface area contributed by atoms with Gasteiger partial charge in [0.05, 0.1) is 11.5 Å². The molecule has 164 valence electrons. The minimum absolute atomic E-state index is 0.160. The van der Waals surface area contributed by atoms with Crippen LogP contribution < -0.4 is 5.73 Å². The van der Waals surface area contributed by atoms with Crippen molar-refractivity contribution >= 4 is 24.6 Å². The zero-order valence-electron chi connectivity index (χ0n) is 16.7. The number of aliphatic hydroxyl groups excluding tert-OH is 2. The molecule has 5 heterocycles. The maximum atomic E-state index is 12.9. The Labute approximate surface area is 171 Å². The van der Waals surface area contributed by atoms with Crippen LogP contribution in [0.5, 0.6) is 0 Å². The summed E-state index contributed by atoms with van der Waals surface area (Å²) in [5, 5.41) is 31.5. The number of fused-ring (bicyclic) bond motifs is 6. The van der Waals surface area contributed by atoms with Crippen molar-refractivity contribution in [3.8, 4) is 0 Å². The number of hydrogen-bond acceptors (Lipinski definition) is 11. The summed E-state index contributed by atoms with van der Waals surface area (Å²) in [6, 6.07) is 0. The number of nitrogens with zero attached hydrogens (tertiary/aromatic N) is 4. The maximum Gasteiger partial charge on any atom is 0.393 e. The predicted octanol–water partition coefficient (Wildman–Crippen LogP) is 0.590. The van der Waals surface area contributed by atoms with E-state index >= 15 is 0 Å². The van der Waals surface area contributed by atoms with Gasteiger partial charge in [-0.15, -0.1) is 0 Å². The Morgan fingerprint density at radius 2 is 2.00 bits per heavy atom. The molecule has 5 rings (SSSR count). The lowest BCUT2D eigenvalue weighted by Gasteiger charge is -2.43. The molecular weight excluding hydrogens is 417 g/mol. The van der Waals surface area contributed by atoms with Gasteiger partial charge in [-0.3, -0.25) is 18.2 Å². The second-order valence-corrected chi connectivity index (χ2v) is 10.3. The topological polar surface area (TPSA) is 178 Å². The summed E-state index contributed by atoms with van der Waals surface area (Å²) in [4.78, 5) is 12.8. The van der Waals surface area contributed by atoms with Gasteiger partial charge in [-0.2, -0.15) is 0 Å². The van der Waals surface area contributed by atoms with Crippen molar-refractivity contribution in [3.05, 3.63) is 12.2 Å². The normalized spacial score (nSPS) is 40.0. The molecule has 13 heteroatoms. The van der Waals surface area contributed by atoms with E-state index in [0.717, 1.165) is 0 Å². The van der Waals surface area contributed by atoms with Crippen LogP contribution in [0.4, 0.5) is 5.82 Å². The van der Waals surface area contributed by atoms with Crippen molar-refractivity contribution in [1.29, 1.82) is 0 Å². The van der Waals surface area contributed by atoms with Crippen LogP contribution in [0.25, 0.3) is 11.2 Å². The fourth-order valence-electron chi connectivity index (χ4n) is 4.69.